The zero-order chi connectivity index (χ0) is 24.8. The highest BCUT2D eigenvalue weighted by molar-refractivity contribution is 5.92. The van der Waals surface area contributed by atoms with Gasteiger partial charge >= 0.3 is 6.18 Å². The summed E-state index contributed by atoms with van der Waals surface area (Å²) >= 11 is 0. The first-order valence-corrected chi connectivity index (χ1v) is 10.3. The number of alkyl halides is 3. The number of hydrogen-bond acceptors (Lipinski definition) is 5. The topological polar surface area (TPSA) is 100 Å². The molecule has 0 saturated heterocycles. The van der Waals surface area contributed by atoms with Gasteiger partial charge in [0.2, 0.25) is 11.9 Å². The summed E-state index contributed by atoms with van der Waals surface area (Å²) in [6, 6.07) is 11.4. The van der Waals surface area contributed by atoms with Gasteiger partial charge in [-0.15, -0.1) is 0 Å². The van der Waals surface area contributed by atoms with Crippen molar-refractivity contribution in [3.8, 4) is 0 Å². The minimum atomic E-state index is -4.71. The fourth-order valence-electron chi connectivity index (χ4n) is 3.42. The molecule has 3 aromatic rings. The number of hydrogen-bond donors (Lipinski definition) is 3. The molecule has 0 saturated carbocycles. The average molecular weight is 464 g/mol. The van der Waals surface area contributed by atoms with Crippen LogP contribution in [0, 0.1) is 0 Å². The molecular formula is C23H27F3N4O3. The lowest BCUT2D eigenvalue weighted by atomic mass is 9.92. The second kappa shape index (κ2) is 8.11. The van der Waals surface area contributed by atoms with Crippen LogP contribution in [0.2, 0.25) is 0 Å². The molecule has 0 spiro atoms. The monoisotopic (exact) mass is 464 g/mol. The number of aliphatic hydroxyl groups is 2. The van der Waals surface area contributed by atoms with E-state index >= 15 is 0 Å². The summed E-state index contributed by atoms with van der Waals surface area (Å²) in [5.74, 6) is -1.08. The number of benzene rings is 1. The van der Waals surface area contributed by atoms with Crippen molar-refractivity contribution < 1.29 is 28.2 Å². The van der Waals surface area contributed by atoms with E-state index in [1.807, 2.05) is 0 Å². The molecule has 2 heterocycles. The van der Waals surface area contributed by atoms with E-state index in [0.29, 0.717) is 5.56 Å². The Morgan fingerprint density at radius 3 is 2.12 bits per heavy atom. The molecule has 0 aliphatic rings. The Balaban J connectivity index is 2.07. The van der Waals surface area contributed by atoms with E-state index in [1.165, 1.54) is 32.9 Å². The highest BCUT2D eigenvalue weighted by Crippen LogP contribution is 2.40. The summed E-state index contributed by atoms with van der Waals surface area (Å²) in [5.41, 5.74) is -4.82. The maximum Gasteiger partial charge on any atom is 0.411 e. The van der Waals surface area contributed by atoms with Crippen molar-refractivity contribution >= 4 is 23.0 Å². The van der Waals surface area contributed by atoms with E-state index in [2.05, 4.69) is 15.3 Å². The van der Waals surface area contributed by atoms with Gasteiger partial charge in [0.1, 0.15) is 16.7 Å². The lowest BCUT2D eigenvalue weighted by molar-refractivity contribution is -0.201. The van der Waals surface area contributed by atoms with E-state index in [9.17, 15) is 28.2 Å². The first kappa shape index (κ1) is 24.7. The molecule has 7 nitrogen and oxygen atoms in total. The van der Waals surface area contributed by atoms with Crippen LogP contribution in [0.15, 0.2) is 42.5 Å². The molecule has 1 atom stereocenters. The Morgan fingerprint density at radius 1 is 0.970 bits per heavy atom. The Labute approximate surface area is 189 Å². The second-order valence-electron chi connectivity index (χ2n) is 9.29. The van der Waals surface area contributed by atoms with Gasteiger partial charge in [0.15, 0.2) is 5.65 Å². The third-order valence-electron chi connectivity index (χ3n) is 5.54. The van der Waals surface area contributed by atoms with Gasteiger partial charge in [-0.3, -0.25) is 14.7 Å². The molecule has 0 aliphatic carbocycles. The number of rotatable bonds is 6. The summed E-state index contributed by atoms with van der Waals surface area (Å²) in [6.07, 6.45) is -5.11. The van der Waals surface area contributed by atoms with Crippen LogP contribution in [-0.4, -0.2) is 36.8 Å². The lowest BCUT2D eigenvalue weighted by Gasteiger charge is -2.31. The number of imidazole rings is 1. The highest BCUT2D eigenvalue weighted by Gasteiger charge is 2.51. The summed E-state index contributed by atoms with van der Waals surface area (Å²) in [4.78, 5) is 21.2. The van der Waals surface area contributed by atoms with Crippen molar-refractivity contribution in [2.45, 2.75) is 64.0 Å². The van der Waals surface area contributed by atoms with E-state index in [4.69, 9.17) is 0 Å². The summed E-state index contributed by atoms with van der Waals surface area (Å²) < 4.78 is 42.8. The van der Waals surface area contributed by atoms with Crippen molar-refractivity contribution in [2.75, 3.05) is 5.32 Å². The molecule has 0 unspecified atom stereocenters. The average Bonchev–Trinajstić information content (AvgIpc) is 3.04. The van der Waals surface area contributed by atoms with Gasteiger partial charge < -0.3 is 10.2 Å². The Morgan fingerprint density at radius 2 is 1.58 bits per heavy atom. The van der Waals surface area contributed by atoms with Crippen LogP contribution >= 0.6 is 0 Å². The fourth-order valence-corrected chi connectivity index (χ4v) is 3.42. The van der Waals surface area contributed by atoms with Crippen molar-refractivity contribution in [3.63, 3.8) is 0 Å². The third kappa shape index (κ3) is 4.86. The van der Waals surface area contributed by atoms with Gasteiger partial charge in [-0.25, -0.2) is 9.97 Å². The van der Waals surface area contributed by atoms with Crippen LogP contribution in [0.1, 0.15) is 52.3 Å². The van der Waals surface area contributed by atoms with Gasteiger partial charge in [0.25, 0.3) is 0 Å². The summed E-state index contributed by atoms with van der Waals surface area (Å²) in [7, 11) is 0. The molecular weight excluding hydrogens is 437 g/mol. The number of halogens is 3. The largest absolute Gasteiger partial charge is 0.411 e. The van der Waals surface area contributed by atoms with Crippen LogP contribution in [0.5, 0.6) is 0 Å². The van der Waals surface area contributed by atoms with Crippen molar-refractivity contribution in [3.05, 3.63) is 53.7 Å². The van der Waals surface area contributed by atoms with Crippen LogP contribution < -0.4 is 5.32 Å². The van der Waals surface area contributed by atoms with Gasteiger partial charge in [-0.2, -0.15) is 13.2 Å². The first-order chi connectivity index (χ1) is 15.0. The van der Waals surface area contributed by atoms with Crippen molar-refractivity contribution in [1.82, 2.24) is 14.5 Å². The normalized spacial score (nSPS) is 14.8. The molecule has 0 radical (unpaired) electrons. The standard InChI is InChI=1S/C23H27F3N4O3/c1-20(2,32)16-12-11-15-18(28-16)30(21(3,4)23(24,25)26)19(27-15)29-17(31)13-22(5,33)14-9-7-6-8-10-14/h6-12,32-33H,13H2,1-5H3,(H,27,29,31)/t22-/m0/s1. The van der Waals surface area contributed by atoms with E-state index in [-0.39, 0.29) is 22.8 Å². The maximum absolute atomic E-state index is 14.0. The zero-order valence-electron chi connectivity index (χ0n) is 19.0. The molecule has 178 valence electrons. The van der Waals surface area contributed by atoms with Crippen LogP contribution in [0.4, 0.5) is 19.1 Å². The van der Waals surface area contributed by atoms with Crippen molar-refractivity contribution in [2.24, 2.45) is 0 Å². The predicted molar refractivity (Wildman–Crippen MR) is 117 cm³/mol. The number of carbonyl (C=O) groups excluding carboxylic acids is 1. The van der Waals surface area contributed by atoms with Gasteiger partial charge in [0, 0.05) is 0 Å². The number of amides is 1. The SMILES string of the molecule is CC(C)(O)c1ccc2nc(NC(=O)C[C@](C)(O)c3ccccc3)n(C(C)(C)C(F)(F)F)c2n1. The zero-order valence-corrected chi connectivity index (χ0v) is 19.0. The molecule has 10 heteroatoms. The van der Waals surface area contributed by atoms with E-state index < -0.39 is 35.2 Å². The number of nitrogens with one attached hydrogen (secondary N) is 1. The number of fused-ring (bicyclic) bond motifs is 1. The molecule has 3 rings (SSSR count). The summed E-state index contributed by atoms with van der Waals surface area (Å²) in [5, 5.41) is 23.4. The number of carbonyl (C=O) groups is 1. The number of nitrogens with zero attached hydrogens (tertiary/aromatic N) is 3. The van der Waals surface area contributed by atoms with E-state index in [1.54, 1.807) is 30.3 Å². The van der Waals surface area contributed by atoms with E-state index in [0.717, 1.165) is 18.4 Å². The maximum atomic E-state index is 14.0. The molecule has 3 N–H and O–H groups in total. The lowest BCUT2D eigenvalue weighted by Crippen LogP contribution is -2.43. The molecule has 2 aromatic heterocycles. The molecule has 0 aliphatic heterocycles. The Bertz CT molecular complexity index is 1160. The Kier molecular flexibility index (Phi) is 6.06. The number of aromatic nitrogens is 3. The minimum absolute atomic E-state index is 0.116. The number of anilines is 1. The highest BCUT2D eigenvalue weighted by atomic mass is 19.4. The smallest absolute Gasteiger partial charge is 0.385 e. The van der Waals surface area contributed by atoms with Gasteiger partial charge in [-0.05, 0) is 52.3 Å². The molecule has 0 fully saturated rings. The molecule has 33 heavy (non-hydrogen) atoms. The Hall–Kier alpha value is -2.98. The van der Waals surface area contributed by atoms with Crippen LogP contribution in [0.3, 0.4) is 0 Å². The van der Waals surface area contributed by atoms with Gasteiger partial charge in [-0.1, -0.05) is 30.3 Å². The quantitative estimate of drug-likeness (QED) is 0.508. The predicted octanol–water partition coefficient (Wildman–Crippen LogP) is 4.19. The molecule has 1 aromatic carbocycles. The summed E-state index contributed by atoms with van der Waals surface area (Å²) in [6.45, 7) is 6.27. The molecule has 0 bridgehead atoms. The third-order valence-corrected chi connectivity index (χ3v) is 5.54. The first-order valence-electron chi connectivity index (χ1n) is 10.3. The molecule has 1 amide bonds. The second-order valence-corrected chi connectivity index (χ2v) is 9.29. The minimum Gasteiger partial charge on any atom is -0.385 e. The fraction of sp³-hybridized carbons (Fsp3) is 0.435. The van der Waals surface area contributed by atoms with Crippen molar-refractivity contribution in [1.29, 1.82) is 0 Å². The van der Waals surface area contributed by atoms with Crippen LogP contribution in [0.25, 0.3) is 11.2 Å². The number of pyridine rings is 1. The van der Waals surface area contributed by atoms with Gasteiger partial charge in [0.05, 0.1) is 17.7 Å². The van der Waals surface area contributed by atoms with Crippen LogP contribution in [-0.2, 0) is 21.5 Å².